The molecule has 0 saturated heterocycles. The van der Waals surface area contributed by atoms with Gasteiger partial charge < -0.3 is 9.88 Å². The maximum absolute atomic E-state index is 6.06. The van der Waals surface area contributed by atoms with Crippen LogP contribution in [-0.2, 0) is 13.1 Å². The molecule has 0 aliphatic carbocycles. The lowest BCUT2D eigenvalue weighted by molar-refractivity contribution is 0.240. The summed E-state index contributed by atoms with van der Waals surface area (Å²) in [5.74, 6) is 0. The lowest BCUT2D eigenvalue weighted by atomic mass is 9.86. The summed E-state index contributed by atoms with van der Waals surface area (Å²) in [6.07, 6.45) is 5.64. The molecule has 21 heavy (non-hydrogen) atoms. The number of imidazole rings is 1. The summed E-state index contributed by atoms with van der Waals surface area (Å²) in [5.41, 5.74) is 1.27. The third-order valence-corrected chi connectivity index (χ3v) is 4.27. The molecule has 1 aromatic carbocycles. The predicted molar refractivity (Wildman–Crippen MR) is 88.8 cm³/mol. The molecule has 0 aliphatic rings. The molecule has 2 aromatic rings. The minimum Gasteiger partial charge on any atom is -0.336 e. The van der Waals surface area contributed by atoms with E-state index in [0.717, 1.165) is 18.7 Å². The fourth-order valence-corrected chi connectivity index (χ4v) is 2.46. The van der Waals surface area contributed by atoms with Gasteiger partial charge in [0.05, 0.1) is 16.4 Å². The summed E-state index contributed by atoms with van der Waals surface area (Å²) in [4.78, 5) is 4.10. The number of halogens is 2. The van der Waals surface area contributed by atoms with Gasteiger partial charge in [0.2, 0.25) is 0 Å². The summed E-state index contributed by atoms with van der Waals surface area (Å²) in [7, 11) is 0. The molecule has 2 rings (SSSR count). The number of rotatable bonds is 5. The second-order valence-corrected chi connectivity index (χ2v) is 7.12. The van der Waals surface area contributed by atoms with Gasteiger partial charge in [-0.2, -0.15) is 0 Å². The molecule has 1 aromatic heterocycles. The van der Waals surface area contributed by atoms with Gasteiger partial charge in [-0.05, 0) is 23.1 Å². The Bertz CT molecular complexity index is 574. The van der Waals surface area contributed by atoms with E-state index < -0.39 is 0 Å². The zero-order valence-corrected chi connectivity index (χ0v) is 14.1. The quantitative estimate of drug-likeness (QED) is 0.883. The molecule has 0 saturated carbocycles. The van der Waals surface area contributed by atoms with Crippen LogP contribution >= 0.6 is 23.2 Å². The van der Waals surface area contributed by atoms with Crippen molar-refractivity contribution >= 4 is 23.2 Å². The highest BCUT2D eigenvalue weighted by Crippen LogP contribution is 2.24. The lowest BCUT2D eigenvalue weighted by Crippen LogP contribution is -2.42. The molecule has 0 amide bonds. The first-order chi connectivity index (χ1) is 9.86. The number of aromatic nitrogens is 2. The van der Waals surface area contributed by atoms with Crippen LogP contribution in [-0.4, -0.2) is 15.6 Å². The summed E-state index contributed by atoms with van der Waals surface area (Å²) >= 11 is 12.0. The van der Waals surface area contributed by atoms with Gasteiger partial charge in [0, 0.05) is 31.5 Å². The molecule has 1 atom stereocenters. The van der Waals surface area contributed by atoms with E-state index in [0.29, 0.717) is 16.1 Å². The molecule has 0 bridgehead atoms. The van der Waals surface area contributed by atoms with Crippen molar-refractivity contribution in [1.82, 2.24) is 14.9 Å². The Labute approximate surface area is 136 Å². The smallest absolute Gasteiger partial charge is 0.0946 e. The minimum atomic E-state index is 0.139. The first-order valence-electron chi connectivity index (χ1n) is 6.99. The van der Waals surface area contributed by atoms with Crippen molar-refractivity contribution in [3.05, 3.63) is 52.5 Å². The first kappa shape index (κ1) is 16.3. The van der Waals surface area contributed by atoms with Crippen LogP contribution < -0.4 is 5.32 Å². The van der Waals surface area contributed by atoms with Crippen molar-refractivity contribution in [3.63, 3.8) is 0 Å². The van der Waals surface area contributed by atoms with Crippen LogP contribution in [0.2, 0.25) is 10.0 Å². The zero-order chi connectivity index (χ0) is 15.5. The van der Waals surface area contributed by atoms with Crippen LogP contribution in [0.4, 0.5) is 0 Å². The Balaban J connectivity index is 2.03. The number of nitrogens with one attached hydrogen (secondary N) is 1. The highest BCUT2D eigenvalue weighted by atomic mass is 35.5. The molecule has 1 unspecified atom stereocenters. The van der Waals surface area contributed by atoms with E-state index in [9.17, 15) is 0 Å². The van der Waals surface area contributed by atoms with E-state index in [1.165, 1.54) is 0 Å². The molecule has 114 valence electrons. The van der Waals surface area contributed by atoms with Gasteiger partial charge in [0.1, 0.15) is 0 Å². The molecule has 0 radical (unpaired) electrons. The van der Waals surface area contributed by atoms with Crippen LogP contribution in [0.15, 0.2) is 36.9 Å². The van der Waals surface area contributed by atoms with Crippen LogP contribution in [0.25, 0.3) is 0 Å². The highest BCUT2D eigenvalue weighted by molar-refractivity contribution is 6.42. The van der Waals surface area contributed by atoms with Crippen LogP contribution in [0.5, 0.6) is 0 Å². The lowest BCUT2D eigenvalue weighted by Gasteiger charge is -2.32. The van der Waals surface area contributed by atoms with Gasteiger partial charge in [0.25, 0.3) is 0 Å². The Hall–Kier alpha value is -1.03. The van der Waals surface area contributed by atoms with E-state index in [4.69, 9.17) is 23.2 Å². The SMILES string of the molecule is CC(C)(C)C(Cn1ccnc1)NCc1ccc(Cl)c(Cl)c1. The predicted octanol–water partition coefficient (Wildman–Crippen LogP) is 4.39. The standard InChI is InChI=1S/C16H21Cl2N3/c1-16(2,3)15(10-21-7-6-19-11-21)20-9-12-4-5-13(17)14(18)8-12/h4-8,11,15,20H,9-10H2,1-3H3. The Morgan fingerprint density at radius 1 is 1.24 bits per heavy atom. The van der Waals surface area contributed by atoms with Gasteiger partial charge in [-0.1, -0.05) is 50.0 Å². The van der Waals surface area contributed by atoms with E-state index >= 15 is 0 Å². The number of hydrogen-bond donors (Lipinski definition) is 1. The van der Waals surface area contributed by atoms with Crippen molar-refractivity contribution < 1.29 is 0 Å². The van der Waals surface area contributed by atoms with E-state index in [1.54, 1.807) is 6.20 Å². The Kier molecular flexibility index (Phi) is 5.31. The number of benzene rings is 1. The fourth-order valence-electron chi connectivity index (χ4n) is 2.14. The molecular weight excluding hydrogens is 305 g/mol. The average molecular weight is 326 g/mol. The maximum atomic E-state index is 6.06. The van der Waals surface area contributed by atoms with Crippen LogP contribution in [0, 0.1) is 5.41 Å². The highest BCUT2D eigenvalue weighted by Gasteiger charge is 2.24. The van der Waals surface area contributed by atoms with Gasteiger partial charge in [-0.25, -0.2) is 4.98 Å². The molecule has 0 aliphatic heterocycles. The van der Waals surface area contributed by atoms with Gasteiger partial charge >= 0.3 is 0 Å². The molecule has 0 spiro atoms. The fraction of sp³-hybridized carbons (Fsp3) is 0.438. The van der Waals surface area contributed by atoms with Crippen molar-refractivity contribution in [2.45, 2.75) is 39.9 Å². The molecule has 1 heterocycles. The Morgan fingerprint density at radius 3 is 2.57 bits per heavy atom. The molecule has 5 heteroatoms. The first-order valence-corrected chi connectivity index (χ1v) is 7.75. The second kappa shape index (κ2) is 6.82. The summed E-state index contributed by atoms with van der Waals surface area (Å²) in [5, 5.41) is 4.79. The largest absolute Gasteiger partial charge is 0.336 e. The van der Waals surface area contributed by atoms with Crippen molar-refractivity contribution in [2.24, 2.45) is 5.41 Å². The third-order valence-electron chi connectivity index (χ3n) is 3.53. The summed E-state index contributed by atoms with van der Waals surface area (Å²) < 4.78 is 2.09. The summed E-state index contributed by atoms with van der Waals surface area (Å²) in [6.45, 7) is 8.33. The average Bonchev–Trinajstić information content (AvgIpc) is 2.90. The topological polar surface area (TPSA) is 29.9 Å². The molecular formula is C16H21Cl2N3. The maximum Gasteiger partial charge on any atom is 0.0946 e. The van der Waals surface area contributed by atoms with Gasteiger partial charge in [0.15, 0.2) is 0 Å². The van der Waals surface area contributed by atoms with Crippen LogP contribution in [0.3, 0.4) is 0 Å². The molecule has 3 nitrogen and oxygen atoms in total. The number of hydrogen-bond acceptors (Lipinski definition) is 2. The van der Waals surface area contributed by atoms with Crippen molar-refractivity contribution in [2.75, 3.05) is 0 Å². The van der Waals surface area contributed by atoms with Crippen molar-refractivity contribution in [1.29, 1.82) is 0 Å². The van der Waals surface area contributed by atoms with Gasteiger partial charge in [-0.15, -0.1) is 0 Å². The monoisotopic (exact) mass is 325 g/mol. The third kappa shape index (κ3) is 4.73. The molecule has 1 N–H and O–H groups in total. The number of nitrogens with zero attached hydrogens (tertiary/aromatic N) is 2. The molecule has 0 fully saturated rings. The van der Waals surface area contributed by atoms with Crippen LogP contribution in [0.1, 0.15) is 26.3 Å². The van der Waals surface area contributed by atoms with Gasteiger partial charge in [-0.3, -0.25) is 0 Å². The minimum absolute atomic E-state index is 0.139. The van der Waals surface area contributed by atoms with E-state index in [1.807, 2.05) is 30.7 Å². The summed E-state index contributed by atoms with van der Waals surface area (Å²) in [6, 6.07) is 6.07. The Morgan fingerprint density at radius 2 is 2.00 bits per heavy atom. The second-order valence-electron chi connectivity index (χ2n) is 6.31. The van der Waals surface area contributed by atoms with Crippen molar-refractivity contribution in [3.8, 4) is 0 Å². The zero-order valence-electron chi connectivity index (χ0n) is 12.6. The van der Waals surface area contributed by atoms with E-state index in [2.05, 4.69) is 35.6 Å². The van der Waals surface area contributed by atoms with E-state index in [-0.39, 0.29) is 5.41 Å². The normalized spacial score (nSPS) is 13.4.